The highest BCUT2D eigenvalue weighted by molar-refractivity contribution is 5.37. The molecule has 1 aliphatic rings. The van der Waals surface area contributed by atoms with Gasteiger partial charge in [-0.3, -0.25) is 4.90 Å². The fourth-order valence-electron chi connectivity index (χ4n) is 2.80. The molecule has 0 spiro atoms. The van der Waals surface area contributed by atoms with Crippen LogP contribution in [-0.2, 0) is 6.54 Å². The zero-order valence-corrected chi connectivity index (χ0v) is 11.0. The van der Waals surface area contributed by atoms with Gasteiger partial charge in [-0.05, 0) is 30.5 Å². The Labute approximate surface area is 113 Å². The summed E-state index contributed by atoms with van der Waals surface area (Å²) in [5.74, 6) is -0.380. The number of nitriles is 1. The van der Waals surface area contributed by atoms with Crippen molar-refractivity contribution in [2.75, 3.05) is 13.2 Å². The van der Waals surface area contributed by atoms with E-state index in [4.69, 9.17) is 5.26 Å². The summed E-state index contributed by atoms with van der Waals surface area (Å²) in [7, 11) is 0. The van der Waals surface area contributed by atoms with Gasteiger partial charge in [-0.1, -0.05) is 18.9 Å². The summed E-state index contributed by atoms with van der Waals surface area (Å²) in [6, 6.07) is 6.86. The number of rotatable bonds is 5. The molecule has 0 aliphatic heterocycles. The lowest BCUT2D eigenvalue weighted by atomic mass is 10.1. The van der Waals surface area contributed by atoms with Gasteiger partial charge in [-0.15, -0.1) is 0 Å². The Morgan fingerprint density at radius 1 is 1.37 bits per heavy atom. The smallest absolute Gasteiger partial charge is 0.124 e. The average molecular weight is 262 g/mol. The van der Waals surface area contributed by atoms with Crippen molar-refractivity contribution in [3.8, 4) is 6.07 Å². The van der Waals surface area contributed by atoms with Crippen molar-refractivity contribution in [2.24, 2.45) is 0 Å². The van der Waals surface area contributed by atoms with E-state index in [1.807, 2.05) is 6.07 Å². The van der Waals surface area contributed by atoms with Crippen LogP contribution in [0.25, 0.3) is 0 Å². The van der Waals surface area contributed by atoms with Crippen LogP contribution >= 0.6 is 0 Å². The van der Waals surface area contributed by atoms with E-state index in [1.54, 1.807) is 6.07 Å². The molecular formula is C15H19FN2O. The van der Waals surface area contributed by atoms with E-state index in [2.05, 4.69) is 4.90 Å². The normalized spacial score (nSPS) is 15.9. The second-order valence-electron chi connectivity index (χ2n) is 5.05. The Bertz CT molecular complexity index is 464. The summed E-state index contributed by atoms with van der Waals surface area (Å²) in [5, 5.41) is 18.2. The molecule has 0 heterocycles. The van der Waals surface area contributed by atoms with Gasteiger partial charge < -0.3 is 5.11 Å². The topological polar surface area (TPSA) is 47.3 Å². The lowest BCUT2D eigenvalue weighted by molar-refractivity contribution is 0.144. The van der Waals surface area contributed by atoms with Gasteiger partial charge in [0.1, 0.15) is 5.82 Å². The zero-order chi connectivity index (χ0) is 13.7. The standard InChI is InChI=1S/C15H19FN2O/c16-14-6-5-12(13(9-14)10-17)11-18(7-8-19)15-3-1-2-4-15/h5-6,9,15,19H,1-4,7-8,11H2. The van der Waals surface area contributed by atoms with Crippen molar-refractivity contribution >= 4 is 0 Å². The molecule has 102 valence electrons. The van der Waals surface area contributed by atoms with Crippen molar-refractivity contribution in [1.29, 1.82) is 5.26 Å². The first-order valence-electron chi connectivity index (χ1n) is 6.78. The third kappa shape index (κ3) is 3.52. The highest BCUT2D eigenvalue weighted by atomic mass is 19.1. The Kier molecular flexibility index (Phi) is 4.89. The Morgan fingerprint density at radius 2 is 2.11 bits per heavy atom. The van der Waals surface area contributed by atoms with E-state index in [0.29, 0.717) is 24.7 Å². The van der Waals surface area contributed by atoms with Crippen LogP contribution in [-0.4, -0.2) is 29.2 Å². The van der Waals surface area contributed by atoms with Gasteiger partial charge in [0.2, 0.25) is 0 Å². The van der Waals surface area contributed by atoms with E-state index >= 15 is 0 Å². The third-order valence-corrected chi connectivity index (χ3v) is 3.79. The third-order valence-electron chi connectivity index (χ3n) is 3.79. The molecule has 0 amide bonds. The minimum atomic E-state index is -0.380. The zero-order valence-electron chi connectivity index (χ0n) is 11.0. The van der Waals surface area contributed by atoms with Crippen LogP contribution in [0.4, 0.5) is 4.39 Å². The monoisotopic (exact) mass is 262 g/mol. The van der Waals surface area contributed by atoms with Gasteiger partial charge in [0.15, 0.2) is 0 Å². The van der Waals surface area contributed by atoms with E-state index in [9.17, 15) is 9.50 Å². The van der Waals surface area contributed by atoms with Crippen molar-refractivity contribution in [3.63, 3.8) is 0 Å². The Balaban J connectivity index is 2.14. The SMILES string of the molecule is N#Cc1cc(F)ccc1CN(CCO)C1CCCC1. The molecule has 1 aliphatic carbocycles. The maximum Gasteiger partial charge on any atom is 0.124 e. The van der Waals surface area contributed by atoms with Crippen molar-refractivity contribution in [1.82, 2.24) is 4.90 Å². The van der Waals surface area contributed by atoms with E-state index in [1.165, 1.54) is 25.0 Å². The van der Waals surface area contributed by atoms with Crippen LogP contribution < -0.4 is 0 Å². The number of hydrogen-bond donors (Lipinski definition) is 1. The predicted molar refractivity (Wildman–Crippen MR) is 70.9 cm³/mol. The van der Waals surface area contributed by atoms with Crippen LogP contribution in [0.2, 0.25) is 0 Å². The molecule has 0 aromatic heterocycles. The van der Waals surface area contributed by atoms with Gasteiger partial charge in [0, 0.05) is 19.1 Å². The minimum absolute atomic E-state index is 0.111. The number of nitrogens with zero attached hydrogens (tertiary/aromatic N) is 2. The van der Waals surface area contributed by atoms with Crippen LogP contribution in [0.15, 0.2) is 18.2 Å². The molecule has 0 unspecified atom stereocenters. The molecule has 1 fully saturated rings. The van der Waals surface area contributed by atoms with E-state index in [-0.39, 0.29) is 12.4 Å². The largest absolute Gasteiger partial charge is 0.395 e. The molecule has 0 saturated heterocycles. The van der Waals surface area contributed by atoms with Crippen LogP contribution in [0, 0.1) is 17.1 Å². The highest BCUT2D eigenvalue weighted by Crippen LogP contribution is 2.25. The lowest BCUT2D eigenvalue weighted by Crippen LogP contribution is -2.35. The Hall–Kier alpha value is -1.44. The molecule has 19 heavy (non-hydrogen) atoms. The maximum absolute atomic E-state index is 13.1. The summed E-state index contributed by atoms with van der Waals surface area (Å²) < 4.78 is 13.1. The van der Waals surface area contributed by atoms with Crippen molar-refractivity contribution < 1.29 is 9.50 Å². The molecule has 1 aromatic rings. The second kappa shape index (κ2) is 6.65. The lowest BCUT2D eigenvalue weighted by Gasteiger charge is -2.28. The fraction of sp³-hybridized carbons (Fsp3) is 0.533. The number of hydrogen-bond acceptors (Lipinski definition) is 3. The summed E-state index contributed by atoms with van der Waals surface area (Å²) in [6.07, 6.45) is 4.73. The van der Waals surface area contributed by atoms with E-state index < -0.39 is 0 Å². The maximum atomic E-state index is 13.1. The average Bonchev–Trinajstić information content (AvgIpc) is 2.94. The van der Waals surface area contributed by atoms with Crippen molar-refractivity contribution in [2.45, 2.75) is 38.3 Å². The fourth-order valence-corrected chi connectivity index (χ4v) is 2.80. The summed E-state index contributed by atoms with van der Waals surface area (Å²) in [5.41, 5.74) is 1.23. The van der Waals surface area contributed by atoms with Crippen LogP contribution in [0.5, 0.6) is 0 Å². The van der Waals surface area contributed by atoms with Gasteiger partial charge in [-0.2, -0.15) is 5.26 Å². The quantitative estimate of drug-likeness (QED) is 0.886. The van der Waals surface area contributed by atoms with Gasteiger partial charge in [0.25, 0.3) is 0 Å². The summed E-state index contributed by atoms with van der Waals surface area (Å²) in [6.45, 7) is 1.32. The molecule has 1 saturated carbocycles. The Morgan fingerprint density at radius 3 is 2.74 bits per heavy atom. The first-order valence-corrected chi connectivity index (χ1v) is 6.78. The van der Waals surface area contributed by atoms with Gasteiger partial charge in [-0.25, -0.2) is 4.39 Å². The second-order valence-corrected chi connectivity index (χ2v) is 5.05. The molecule has 1 N–H and O–H groups in total. The molecule has 0 radical (unpaired) electrons. The molecular weight excluding hydrogens is 243 g/mol. The highest BCUT2D eigenvalue weighted by Gasteiger charge is 2.22. The number of halogens is 1. The molecule has 4 heteroatoms. The molecule has 2 rings (SSSR count). The van der Waals surface area contributed by atoms with Crippen molar-refractivity contribution in [3.05, 3.63) is 35.1 Å². The number of aliphatic hydroxyl groups excluding tert-OH is 1. The van der Waals surface area contributed by atoms with Crippen LogP contribution in [0.3, 0.4) is 0 Å². The van der Waals surface area contributed by atoms with E-state index in [0.717, 1.165) is 18.4 Å². The molecule has 0 bridgehead atoms. The number of aliphatic hydroxyl groups is 1. The minimum Gasteiger partial charge on any atom is -0.395 e. The summed E-state index contributed by atoms with van der Waals surface area (Å²) in [4.78, 5) is 2.21. The summed E-state index contributed by atoms with van der Waals surface area (Å²) >= 11 is 0. The molecule has 0 atom stereocenters. The van der Waals surface area contributed by atoms with Crippen LogP contribution in [0.1, 0.15) is 36.8 Å². The first kappa shape index (κ1) is 14.0. The predicted octanol–water partition coefficient (Wildman–Crippen LogP) is 2.43. The number of benzene rings is 1. The molecule has 3 nitrogen and oxygen atoms in total. The first-order chi connectivity index (χ1) is 9.24. The van der Waals surface area contributed by atoms with Gasteiger partial charge in [0.05, 0.1) is 18.2 Å². The van der Waals surface area contributed by atoms with Gasteiger partial charge >= 0.3 is 0 Å². The molecule has 1 aromatic carbocycles.